The van der Waals surface area contributed by atoms with Crippen molar-refractivity contribution >= 4 is 17.0 Å². The fraction of sp³-hybridized carbons (Fsp3) is 0.400. The van der Waals surface area contributed by atoms with Gasteiger partial charge in [0.25, 0.3) is 11.3 Å². The van der Waals surface area contributed by atoms with Crippen LogP contribution in [0.5, 0.6) is 5.75 Å². The number of methoxy groups -OCH3 is 1. The molecule has 0 heterocycles. The highest BCUT2D eigenvalue weighted by molar-refractivity contribution is 7.80. The standard InChI is InChI=1S/C10H16N2O3S/c1-7(11)5-8-3-4-10(15-2)9(6-8)12-16(13)14/h3-4,6-7,12H,5,11H2,1-2H3,(H,13,14). The second kappa shape index (κ2) is 5.83. The normalized spacial score (nSPS) is 14.2. The van der Waals surface area contributed by atoms with Crippen molar-refractivity contribution in [1.82, 2.24) is 0 Å². The molecule has 2 unspecified atom stereocenters. The number of rotatable bonds is 5. The molecule has 0 aliphatic heterocycles. The van der Waals surface area contributed by atoms with E-state index >= 15 is 0 Å². The molecule has 0 amide bonds. The molecule has 0 saturated heterocycles. The third-order valence-corrected chi connectivity index (χ3v) is 2.41. The lowest BCUT2D eigenvalue weighted by Crippen LogP contribution is -2.17. The van der Waals surface area contributed by atoms with Gasteiger partial charge in [-0.3, -0.25) is 9.27 Å². The Morgan fingerprint density at radius 3 is 2.81 bits per heavy atom. The molecule has 0 aromatic heterocycles. The van der Waals surface area contributed by atoms with Gasteiger partial charge in [-0.2, -0.15) is 0 Å². The molecule has 6 heteroatoms. The first-order valence-electron chi connectivity index (χ1n) is 4.83. The van der Waals surface area contributed by atoms with Gasteiger partial charge < -0.3 is 10.5 Å². The maximum absolute atomic E-state index is 10.7. The first-order valence-corrected chi connectivity index (χ1v) is 5.93. The van der Waals surface area contributed by atoms with E-state index in [1.807, 2.05) is 13.0 Å². The zero-order valence-corrected chi connectivity index (χ0v) is 10.1. The van der Waals surface area contributed by atoms with E-state index in [0.717, 1.165) is 5.56 Å². The van der Waals surface area contributed by atoms with Crippen LogP contribution < -0.4 is 15.2 Å². The van der Waals surface area contributed by atoms with E-state index in [-0.39, 0.29) is 6.04 Å². The van der Waals surface area contributed by atoms with Gasteiger partial charge in [-0.15, -0.1) is 0 Å². The minimum absolute atomic E-state index is 0.0425. The Labute approximate surface area is 97.4 Å². The molecular formula is C10H16N2O3S. The molecule has 1 aromatic carbocycles. The smallest absolute Gasteiger partial charge is 0.259 e. The van der Waals surface area contributed by atoms with E-state index in [1.54, 1.807) is 12.1 Å². The molecule has 1 aromatic rings. The van der Waals surface area contributed by atoms with Gasteiger partial charge in [-0.1, -0.05) is 6.07 Å². The fourth-order valence-electron chi connectivity index (χ4n) is 1.43. The molecule has 0 saturated carbocycles. The average Bonchev–Trinajstić information content (AvgIpc) is 2.16. The average molecular weight is 244 g/mol. The predicted molar refractivity (Wildman–Crippen MR) is 64.7 cm³/mol. The number of nitrogens with one attached hydrogen (secondary N) is 1. The molecule has 4 N–H and O–H groups in total. The minimum atomic E-state index is -2.11. The Balaban J connectivity index is 2.96. The fourth-order valence-corrected chi connectivity index (χ4v) is 1.78. The van der Waals surface area contributed by atoms with Gasteiger partial charge in [0.2, 0.25) is 0 Å². The molecule has 5 nitrogen and oxygen atoms in total. The van der Waals surface area contributed by atoms with Crippen LogP contribution in [-0.4, -0.2) is 21.9 Å². The summed E-state index contributed by atoms with van der Waals surface area (Å²) in [4.78, 5) is 0. The SMILES string of the molecule is COc1ccc(CC(C)N)cc1NS(=O)O. The van der Waals surface area contributed by atoms with Crippen molar-refractivity contribution < 1.29 is 13.5 Å². The second-order valence-corrected chi connectivity index (χ2v) is 4.27. The summed E-state index contributed by atoms with van der Waals surface area (Å²) in [6.45, 7) is 1.90. The molecule has 0 radical (unpaired) electrons. The number of nitrogens with two attached hydrogens (primary N) is 1. The summed E-state index contributed by atoms with van der Waals surface area (Å²) in [6.07, 6.45) is 0.705. The molecule has 16 heavy (non-hydrogen) atoms. The van der Waals surface area contributed by atoms with Crippen molar-refractivity contribution in [3.05, 3.63) is 23.8 Å². The van der Waals surface area contributed by atoms with Crippen molar-refractivity contribution in [2.75, 3.05) is 11.8 Å². The van der Waals surface area contributed by atoms with E-state index < -0.39 is 11.3 Å². The quantitative estimate of drug-likeness (QED) is 0.678. The Morgan fingerprint density at radius 1 is 1.62 bits per heavy atom. The molecule has 0 aliphatic carbocycles. The topological polar surface area (TPSA) is 84.6 Å². The molecular weight excluding hydrogens is 228 g/mol. The number of hydrogen-bond acceptors (Lipinski definition) is 3. The first-order chi connectivity index (χ1) is 7.52. The van der Waals surface area contributed by atoms with Gasteiger partial charge in [-0.25, -0.2) is 4.21 Å². The van der Waals surface area contributed by atoms with Crippen LogP contribution >= 0.6 is 0 Å². The van der Waals surface area contributed by atoms with Crippen LogP contribution in [0.25, 0.3) is 0 Å². The van der Waals surface area contributed by atoms with Gasteiger partial charge in [0.15, 0.2) is 0 Å². The van der Waals surface area contributed by atoms with Crippen LogP contribution in [0.15, 0.2) is 18.2 Å². The largest absolute Gasteiger partial charge is 0.495 e. The number of ether oxygens (including phenoxy) is 1. The van der Waals surface area contributed by atoms with Crippen LogP contribution in [-0.2, 0) is 17.7 Å². The van der Waals surface area contributed by atoms with Gasteiger partial charge in [0.05, 0.1) is 12.8 Å². The maximum atomic E-state index is 10.7. The van der Waals surface area contributed by atoms with E-state index in [4.69, 9.17) is 15.0 Å². The van der Waals surface area contributed by atoms with Crippen molar-refractivity contribution in [2.45, 2.75) is 19.4 Å². The van der Waals surface area contributed by atoms with E-state index in [9.17, 15) is 4.21 Å². The lowest BCUT2D eigenvalue weighted by atomic mass is 10.1. The molecule has 0 bridgehead atoms. The van der Waals surface area contributed by atoms with E-state index in [0.29, 0.717) is 17.9 Å². The third-order valence-electron chi connectivity index (χ3n) is 2.02. The first kappa shape index (κ1) is 13.0. The summed E-state index contributed by atoms with van der Waals surface area (Å²) in [6, 6.07) is 5.43. The number of hydrogen-bond donors (Lipinski definition) is 3. The molecule has 0 aliphatic rings. The van der Waals surface area contributed by atoms with Crippen molar-refractivity contribution in [3.8, 4) is 5.75 Å². The van der Waals surface area contributed by atoms with Crippen LogP contribution in [0, 0.1) is 0 Å². The zero-order chi connectivity index (χ0) is 12.1. The molecule has 1 rings (SSSR count). The molecule has 90 valence electrons. The van der Waals surface area contributed by atoms with Gasteiger partial charge >= 0.3 is 0 Å². The second-order valence-electron chi connectivity index (χ2n) is 3.57. The molecule has 2 atom stereocenters. The lowest BCUT2D eigenvalue weighted by Gasteiger charge is -2.11. The summed E-state index contributed by atoms with van der Waals surface area (Å²) in [5.74, 6) is 0.524. The highest BCUT2D eigenvalue weighted by atomic mass is 32.2. The summed E-state index contributed by atoms with van der Waals surface area (Å²) < 4.78 is 26.9. The Kier molecular flexibility index (Phi) is 4.72. The summed E-state index contributed by atoms with van der Waals surface area (Å²) in [7, 11) is 1.51. The van der Waals surface area contributed by atoms with Crippen LogP contribution in [0.3, 0.4) is 0 Å². The Hall–Kier alpha value is -1.11. The van der Waals surface area contributed by atoms with Crippen molar-refractivity contribution in [3.63, 3.8) is 0 Å². The van der Waals surface area contributed by atoms with Crippen molar-refractivity contribution in [2.24, 2.45) is 5.73 Å². The lowest BCUT2D eigenvalue weighted by molar-refractivity contribution is 0.416. The van der Waals surface area contributed by atoms with Gasteiger partial charge in [-0.05, 0) is 31.0 Å². The Bertz CT molecular complexity index is 382. The zero-order valence-electron chi connectivity index (χ0n) is 9.27. The molecule has 0 spiro atoms. The number of benzene rings is 1. The van der Waals surface area contributed by atoms with Gasteiger partial charge in [0, 0.05) is 6.04 Å². The van der Waals surface area contributed by atoms with Crippen LogP contribution in [0.1, 0.15) is 12.5 Å². The summed E-state index contributed by atoms with van der Waals surface area (Å²) in [5, 5.41) is 0. The van der Waals surface area contributed by atoms with E-state index in [1.165, 1.54) is 7.11 Å². The maximum Gasteiger partial charge on any atom is 0.259 e. The van der Waals surface area contributed by atoms with E-state index in [2.05, 4.69) is 4.72 Å². The van der Waals surface area contributed by atoms with Crippen LogP contribution in [0.4, 0.5) is 5.69 Å². The summed E-state index contributed by atoms with van der Waals surface area (Å²) >= 11 is -2.11. The monoisotopic (exact) mass is 244 g/mol. The highest BCUT2D eigenvalue weighted by Crippen LogP contribution is 2.26. The molecule has 0 fully saturated rings. The highest BCUT2D eigenvalue weighted by Gasteiger charge is 2.07. The Morgan fingerprint density at radius 2 is 2.31 bits per heavy atom. The summed E-state index contributed by atoms with van der Waals surface area (Å²) in [5.41, 5.74) is 7.16. The number of anilines is 1. The van der Waals surface area contributed by atoms with Gasteiger partial charge in [0.1, 0.15) is 5.75 Å². The van der Waals surface area contributed by atoms with Crippen molar-refractivity contribution in [1.29, 1.82) is 0 Å². The van der Waals surface area contributed by atoms with Crippen LogP contribution in [0.2, 0.25) is 0 Å². The predicted octanol–water partition coefficient (Wildman–Crippen LogP) is 1.13. The third kappa shape index (κ3) is 3.80. The minimum Gasteiger partial charge on any atom is -0.495 e.